The van der Waals surface area contributed by atoms with Gasteiger partial charge in [0.1, 0.15) is 14.2 Å². The van der Waals surface area contributed by atoms with Crippen molar-refractivity contribution in [2.24, 2.45) is 17.3 Å². The van der Waals surface area contributed by atoms with Gasteiger partial charge in [-0.05, 0) is 12.3 Å². The van der Waals surface area contributed by atoms with Crippen LogP contribution in [0.5, 0.6) is 0 Å². The smallest absolute Gasteiger partial charge is 0.302 e. The van der Waals surface area contributed by atoms with Gasteiger partial charge in [0.2, 0.25) is 0 Å². The van der Waals surface area contributed by atoms with E-state index in [0.717, 1.165) is 6.42 Å². The highest BCUT2D eigenvalue weighted by molar-refractivity contribution is 6.89. The Morgan fingerprint density at radius 2 is 1.91 bits per heavy atom. The van der Waals surface area contributed by atoms with Crippen molar-refractivity contribution >= 4 is 14.0 Å². The molecule has 2 aliphatic carbocycles. The van der Waals surface area contributed by atoms with E-state index >= 15 is 0 Å². The molecule has 1 unspecified atom stereocenters. The summed E-state index contributed by atoms with van der Waals surface area (Å²) in [6.45, 7) is 13.6. The lowest BCUT2D eigenvalue weighted by Crippen LogP contribution is -2.43. The van der Waals surface area contributed by atoms with Crippen LogP contribution in [0.3, 0.4) is 0 Å². The molecule has 3 heteroatoms. The first kappa shape index (κ1) is 16.6. The Hall–Kier alpha value is -1.22. The number of hydrogen-bond acceptors (Lipinski definition) is 2. The molecule has 0 amide bonds. The number of carbonyl (C=O) groups is 1. The van der Waals surface area contributed by atoms with Crippen LogP contribution in [-0.2, 0) is 9.53 Å². The molecule has 1 heterocycles. The highest BCUT2D eigenvalue weighted by Gasteiger charge is 2.69. The van der Waals surface area contributed by atoms with Gasteiger partial charge in [-0.2, -0.15) is 0 Å². The van der Waals surface area contributed by atoms with Gasteiger partial charge in [0, 0.05) is 49.0 Å². The van der Waals surface area contributed by atoms with E-state index in [2.05, 4.69) is 70.7 Å². The third-order valence-corrected chi connectivity index (χ3v) is 11.8. The maximum atomic E-state index is 11.5. The van der Waals surface area contributed by atoms with E-state index < -0.39 is 8.07 Å². The number of ether oxygens (including phenoxy) is 1. The van der Waals surface area contributed by atoms with E-state index in [9.17, 15) is 4.79 Å². The van der Waals surface area contributed by atoms with Crippen LogP contribution < -0.4 is 0 Å². The Kier molecular flexibility index (Phi) is 3.71. The van der Waals surface area contributed by atoms with E-state index in [-0.39, 0.29) is 22.5 Å². The first-order chi connectivity index (χ1) is 10.6. The Morgan fingerprint density at radius 3 is 2.48 bits per heavy atom. The van der Waals surface area contributed by atoms with Crippen LogP contribution >= 0.6 is 0 Å². The summed E-state index contributed by atoms with van der Waals surface area (Å²) >= 11 is 0. The van der Waals surface area contributed by atoms with Crippen LogP contribution in [0.15, 0.2) is 35.6 Å². The molecule has 3 rings (SSSR count). The van der Waals surface area contributed by atoms with Gasteiger partial charge >= 0.3 is 5.97 Å². The monoisotopic (exact) mass is 329 g/mol. The number of carbonyl (C=O) groups excluding carboxylic acids is 1. The molecule has 3 aliphatic rings. The molecule has 1 aliphatic heterocycles. The molecule has 0 saturated carbocycles. The maximum Gasteiger partial charge on any atom is 0.302 e. The predicted octanol–water partition coefficient (Wildman–Crippen LogP) is 4.86. The molecular weight excluding hydrogens is 300 g/mol. The topological polar surface area (TPSA) is 26.3 Å². The quantitative estimate of drug-likeness (QED) is 0.390. The average Bonchev–Trinajstić information content (AvgIpc) is 2.58. The first-order valence-corrected chi connectivity index (χ1v) is 11.7. The minimum atomic E-state index is -1.67. The molecule has 124 valence electrons. The molecule has 0 N–H and O–H groups in total. The minimum Gasteiger partial charge on any atom is -0.462 e. The van der Waals surface area contributed by atoms with Crippen molar-refractivity contribution in [3.8, 4) is 0 Å². The molecule has 1 fully saturated rings. The lowest BCUT2D eigenvalue weighted by atomic mass is 9.64. The summed E-state index contributed by atoms with van der Waals surface area (Å²) in [6, 6.07) is 0. The van der Waals surface area contributed by atoms with Crippen LogP contribution in [-0.4, -0.2) is 20.1 Å². The van der Waals surface area contributed by atoms with Crippen LogP contribution in [0, 0.1) is 23.7 Å². The zero-order chi connectivity index (χ0) is 17.0. The molecule has 23 heavy (non-hydrogen) atoms. The van der Waals surface area contributed by atoms with Crippen molar-refractivity contribution < 1.29 is 9.53 Å². The maximum absolute atomic E-state index is 11.5. The Balaban J connectivity index is 2.09. The number of rotatable bonds is 1. The molecule has 3 atom stereocenters. The van der Waals surface area contributed by atoms with E-state index in [1.165, 1.54) is 6.92 Å². The van der Waals surface area contributed by atoms with Crippen molar-refractivity contribution in [2.75, 3.05) is 0 Å². The molecular formula is C20H29O2Si+. The van der Waals surface area contributed by atoms with Crippen molar-refractivity contribution in [3.05, 3.63) is 42.0 Å². The van der Waals surface area contributed by atoms with Crippen LogP contribution in [0.4, 0.5) is 0 Å². The van der Waals surface area contributed by atoms with Gasteiger partial charge in [-0.15, -0.1) is 0 Å². The Morgan fingerprint density at radius 1 is 1.30 bits per heavy atom. The average molecular weight is 330 g/mol. The lowest BCUT2D eigenvalue weighted by Gasteiger charge is -2.42. The Labute approximate surface area is 141 Å². The number of esters is 1. The van der Waals surface area contributed by atoms with E-state index in [1.807, 2.05) is 0 Å². The van der Waals surface area contributed by atoms with Gasteiger partial charge < -0.3 is 4.74 Å². The number of allylic oxidation sites excluding steroid dienone is 5. The fourth-order valence-electron chi connectivity index (χ4n) is 5.49. The summed E-state index contributed by atoms with van der Waals surface area (Å²) in [5.41, 5.74) is 0.147. The van der Waals surface area contributed by atoms with E-state index in [4.69, 9.17) is 4.74 Å². The summed E-state index contributed by atoms with van der Waals surface area (Å²) in [5, 5.41) is 1.82. The lowest BCUT2D eigenvalue weighted by molar-refractivity contribution is -0.149. The summed E-state index contributed by atoms with van der Waals surface area (Å²) in [7, 11) is -1.67. The summed E-state index contributed by atoms with van der Waals surface area (Å²) in [5.74, 6) is 0.649. The van der Waals surface area contributed by atoms with Crippen molar-refractivity contribution in [1.82, 2.24) is 0 Å². The van der Waals surface area contributed by atoms with Gasteiger partial charge in [-0.3, -0.25) is 4.79 Å². The molecule has 0 radical (unpaired) electrons. The second-order valence-corrected chi connectivity index (χ2v) is 13.2. The fourth-order valence-corrected chi connectivity index (χ4v) is 10.8. The molecule has 1 spiro atoms. The fraction of sp³-hybridized carbons (Fsp3) is 0.600. The zero-order valence-corrected chi connectivity index (χ0v) is 16.2. The molecule has 0 bridgehead atoms. The van der Waals surface area contributed by atoms with E-state index in [1.54, 1.807) is 5.20 Å². The normalized spacial score (nSPS) is 35.4. The van der Waals surface area contributed by atoms with Crippen LogP contribution in [0.2, 0.25) is 18.1 Å². The zero-order valence-electron chi connectivity index (χ0n) is 15.2. The minimum absolute atomic E-state index is 0.0172. The SMILES string of the molecule is CC(=O)O[C@H]1CC2C(=C[C@H]1C)[Si](C)(C)C1(C=C[CH+]C=C1)C2(C)C. The van der Waals surface area contributed by atoms with Gasteiger partial charge in [-0.1, -0.05) is 45.1 Å². The highest BCUT2D eigenvalue weighted by atomic mass is 28.3. The van der Waals surface area contributed by atoms with Crippen molar-refractivity contribution in [3.63, 3.8) is 0 Å². The van der Waals surface area contributed by atoms with Gasteiger partial charge in [0.05, 0.1) is 5.04 Å². The second-order valence-electron chi connectivity index (χ2n) is 8.54. The van der Waals surface area contributed by atoms with Gasteiger partial charge in [0.15, 0.2) is 0 Å². The predicted molar refractivity (Wildman–Crippen MR) is 97.4 cm³/mol. The first-order valence-electron chi connectivity index (χ1n) is 8.73. The number of fused-ring (bicyclic) bond motifs is 1. The standard InChI is InChI=1S/C20H29O2Si/c1-14-12-18-16(13-17(14)22-15(2)21)19(3,4)20(23(18,5)6)10-8-7-9-11-20/h7-12,14,16-17H,13H2,1-6H3/q+1/t14-,16?,17+/m1/s1. The molecule has 0 aromatic rings. The number of hydrogen-bond donors (Lipinski definition) is 0. The third kappa shape index (κ3) is 2.12. The Bertz CT molecular complexity index is 597. The van der Waals surface area contributed by atoms with Gasteiger partial charge in [-0.25, -0.2) is 0 Å². The molecule has 0 aromatic heterocycles. The van der Waals surface area contributed by atoms with Crippen LogP contribution in [0.1, 0.15) is 34.1 Å². The largest absolute Gasteiger partial charge is 0.462 e. The van der Waals surface area contributed by atoms with Crippen molar-refractivity contribution in [2.45, 2.75) is 58.4 Å². The third-order valence-electron chi connectivity index (χ3n) is 6.82. The molecule has 0 aromatic carbocycles. The summed E-state index contributed by atoms with van der Waals surface area (Å²) < 4.78 is 5.64. The van der Waals surface area contributed by atoms with E-state index in [0.29, 0.717) is 11.8 Å². The second kappa shape index (κ2) is 5.14. The van der Waals surface area contributed by atoms with Gasteiger partial charge in [0.25, 0.3) is 0 Å². The highest BCUT2D eigenvalue weighted by Crippen LogP contribution is 2.71. The summed E-state index contributed by atoms with van der Waals surface area (Å²) in [4.78, 5) is 11.5. The summed E-state index contributed by atoms with van der Waals surface area (Å²) in [6.07, 6.45) is 14.9. The van der Waals surface area contributed by atoms with Crippen molar-refractivity contribution in [1.29, 1.82) is 0 Å². The van der Waals surface area contributed by atoms with Crippen LogP contribution in [0.25, 0.3) is 0 Å². The molecule has 1 saturated heterocycles. The molecule has 2 nitrogen and oxygen atoms in total.